The zero-order valence-corrected chi connectivity index (χ0v) is 12.8. The van der Waals surface area contributed by atoms with E-state index >= 15 is 0 Å². The first-order valence-electron chi connectivity index (χ1n) is 6.82. The topological polar surface area (TPSA) is 39.1 Å². The van der Waals surface area contributed by atoms with E-state index in [9.17, 15) is 0 Å². The van der Waals surface area contributed by atoms with Gasteiger partial charge in [0, 0.05) is 6.54 Å². The first kappa shape index (κ1) is 14.9. The van der Waals surface area contributed by atoms with Crippen molar-refractivity contribution in [1.29, 1.82) is 0 Å². The molecule has 1 unspecified atom stereocenters. The Morgan fingerprint density at radius 2 is 2.20 bits per heavy atom. The van der Waals surface area contributed by atoms with Gasteiger partial charge >= 0.3 is 0 Å². The van der Waals surface area contributed by atoms with Gasteiger partial charge in [-0.15, -0.1) is 0 Å². The number of benzene rings is 1. The van der Waals surface area contributed by atoms with Crippen LogP contribution in [0.5, 0.6) is 5.75 Å². The molecule has 1 aromatic carbocycles. The predicted molar refractivity (Wildman–Crippen MR) is 81.4 cm³/mol. The second kappa shape index (κ2) is 6.77. The average Bonchev–Trinajstić information content (AvgIpc) is 2.82. The lowest BCUT2D eigenvalue weighted by atomic mass is 10.0. The summed E-state index contributed by atoms with van der Waals surface area (Å²) in [6.07, 6.45) is 1.69. The van der Waals surface area contributed by atoms with E-state index in [1.807, 2.05) is 36.9 Å². The maximum absolute atomic E-state index is 6.29. The highest BCUT2D eigenvalue weighted by Gasteiger charge is 2.20. The number of aromatic nitrogens is 2. The highest BCUT2D eigenvalue weighted by atomic mass is 35.5. The van der Waals surface area contributed by atoms with Crippen LogP contribution in [0.2, 0.25) is 5.02 Å². The maximum atomic E-state index is 6.29. The normalized spacial score (nSPS) is 12.4. The van der Waals surface area contributed by atoms with Gasteiger partial charge in [0.2, 0.25) is 0 Å². The highest BCUT2D eigenvalue weighted by Crippen LogP contribution is 2.29. The Kier molecular flexibility index (Phi) is 5.04. The van der Waals surface area contributed by atoms with Crippen LogP contribution >= 0.6 is 11.6 Å². The molecule has 0 spiro atoms. The average molecular weight is 294 g/mol. The molecular weight excluding hydrogens is 274 g/mol. The Labute approximate surface area is 124 Å². The molecule has 4 nitrogen and oxygen atoms in total. The van der Waals surface area contributed by atoms with E-state index in [1.54, 1.807) is 6.20 Å². The van der Waals surface area contributed by atoms with Crippen molar-refractivity contribution in [3.05, 3.63) is 46.7 Å². The summed E-state index contributed by atoms with van der Waals surface area (Å²) in [5.41, 5.74) is 2.08. The number of hydrogen-bond acceptors (Lipinski definition) is 3. The summed E-state index contributed by atoms with van der Waals surface area (Å²) in [5, 5.41) is 8.28. The van der Waals surface area contributed by atoms with Crippen LogP contribution < -0.4 is 10.1 Å². The largest absolute Gasteiger partial charge is 0.494 e. The molecule has 1 aromatic heterocycles. The van der Waals surface area contributed by atoms with Crippen LogP contribution in [-0.2, 0) is 6.54 Å². The fourth-order valence-electron chi connectivity index (χ4n) is 2.32. The van der Waals surface area contributed by atoms with Crippen molar-refractivity contribution in [1.82, 2.24) is 15.1 Å². The fourth-order valence-corrected chi connectivity index (χ4v) is 2.57. The van der Waals surface area contributed by atoms with Crippen LogP contribution in [-0.4, -0.2) is 23.4 Å². The molecule has 0 radical (unpaired) electrons. The van der Waals surface area contributed by atoms with Gasteiger partial charge in [-0.25, -0.2) is 0 Å². The van der Waals surface area contributed by atoms with E-state index in [1.165, 1.54) is 0 Å². The lowest BCUT2D eigenvalue weighted by Gasteiger charge is -2.19. The number of nitrogens with one attached hydrogen (secondary N) is 1. The molecule has 20 heavy (non-hydrogen) atoms. The van der Waals surface area contributed by atoms with Gasteiger partial charge < -0.3 is 10.1 Å². The Morgan fingerprint density at radius 1 is 1.40 bits per heavy atom. The van der Waals surface area contributed by atoms with E-state index in [0.717, 1.165) is 23.6 Å². The number of aryl methyl sites for hydroxylation is 1. The summed E-state index contributed by atoms with van der Waals surface area (Å²) in [4.78, 5) is 0. The van der Waals surface area contributed by atoms with E-state index in [0.29, 0.717) is 11.6 Å². The molecule has 0 aliphatic heterocycles. The van der Waals surface area contributed by atoms with E-state index < -0.39 is 0 Å². The van der Waals surface area contributed by atoms with Gasteiger partial charge in [0.05, 0.1) is 29.6 Å². The van der Waals surface area contributed by atoms with Gasteiger partial charge in [0.15, 0.2) is 0 Å². The third-order valence-electron chi connectivity index (χ3n) is 3.20. The van der Waals surface area contributed by atoms with Gasteiger partial charge in [0.25, 0.3) is 0 Å². The minimum absolute atomic E-state index is 0.00893. The van der Waals surface area contributed by atoms with E-state index in [4.69, 9.17) is 16.3 Å². The van der Waals surface area contributed by atoms with Crippen LogP contribution in [0, 0.1) is 0 Å². The van der Waals surface area contributed by atoms with Crippen molar-refractivity contribution in [2.45, 2.75) is 26.4 Å². The Morgan fingerprint density at radius 3 is 2.85 bits per heavy atom. The number of rotatable bonds is 6. The molecular formula is C15H20ClN3O. The molecule has 0 saturated heterocycles. The molecule has 0 amide bonds. The summed E-state index contributed by atoms with van der Waals surface area (Å²) in [6.45, 7) is 5.47. The molecule has 0 fully saturated rings. The smallest absolute Gasteiger partial charge is 0.119 e. The molecule has 2 rings (SSSR count). The Bertz CT molecular complexity index is 568. The first-order chi connectivity index (χ1) is 9.71. The molecule has 0 aliphatic carbocycles. The number of nitrogens with zero attached hydrogens (tertiary/aromatic N) is 2. The summed E-state index contributed by atoms with van der Waals surface area (Å²) >= 11 is 6.29. The van der Waals surface area contributed by atoms with Gasteiger partial charge in [-0.1, -0.05) is 23.7 Å². The first-order valence-corrected chi connectivity index (χ1v) is 7.20. The molecule has 0 bridgehead atoms. The van der Waals surface area contributed by atoms with Crippen LogP contribution in [0.15, 0.2) is 30.5 Å². The number of hydrogen-bond donors (Lipinski definition) is 1. The second-order valence-electron chi connectivity index (χ2n) is 4.42. The van der Waals surface area contributed by atoms with Crippen molar-refractivity contribution in [2.75, 3.05) is 13.7 Å². The molecule has 1 atom stereocenters. The minimum Gasteiger partial charge on any atom is -0.494 e. The van der Waals surface area contributed by atoms with Gasteiger partial charge in [0.1, 0.15) is 5.75 Å². The lowest BCUT2D eigenvalue weighted by molar-refractivity contribution is 0.339. The van der Waals surface area contributed by atoms with Gasteiger partial charge in [-0.05, 0) is 38.6 Å². The van der Waals surface area contributed by atoms with E-state index in [2.05, 4.69) is 23.4 Å². The molecule has 2 aromatic rings. The van der Waals surface area contributed by atoms with Crippen molar-refractivity contribution >= 4 is 11.6 Å². The van der Waals surface area contributed by atoms with Crippen molar-refractivity contribution in [2.24, 2.45) is 0 Å². The lowest BCUT2D eigenvalue weighted by Crippen LogP contribution is -2.21. The predicted octanol–water partition coefficient (Wildman–Crippen LogP) is 3.26. The van der Waals surface area contributed by atoms with Crippen LogP contribution in [0.3, 0.4) is 0 Å². The zero-order chi connectivity index (χ0) is 14.5. The molecule has 5 heteroatoms. The molecule has 1 heterocycles. The fraction of sp³-hybridized carbons (Fsp3) is 0.400. The third-order valence-corrected chi connectivity index (χ3v) is 3.49. The van der Waals surface area contributed by atoms with Crippen molar-refractivity contribution in [3.63, 3.8) is 0 Å². The monoisotopic (exact) mass is 293 g/mol. The minimum atomic E-state index is -0.00893. The Hall–Kier alpha value is -1.52. The van der Waals surface area contributed by atoms with Crippen LogP contribution in [0.1, 0.15) is 31.1 Å². The SMILES string of the molecule is CCOc1cccc(C(NC)c2c(Cl)cnn2CC)c1. The van der Waals surface area contributed by atoms with Crippen LogP contribution in [0.4, 0.5) is 0 Å². The highest BCUT2D eigenvalue weighted by molar-refractivity contribution is 6.31. The van der Waals surface area contributed by atoms with Crippen molar-refractivity contribution < 1.29 is 4.74 Å². The van der Waals surface area contributed by atoms with Gasteiger partial charge in [-0.3, -0.25) is 4.68 Å². The van der Waals surface area contributed by atoms with Gasteiger partial charge in [-0.2, -0.15) is 5.10 Å². The zero-order valence-electron chi connectivity index (χ0n) is 12.1. The third kappa shape index (κ3) is 2.97. The summed E-state index contributed by atoms with van der Waals surface area (Å²) in [5.74, 6) is 0.865. The number of ether oxygens (including phenoxy) is 1. The van der Waals surface area contributed by atoms with Crippen molar-refractivity contribution in [3.8, 4) is 5.75 Å². The quantitative estimate of drug-likeness (QED) is 0.888. The summed E-state index contributed by atoms with van der Waals surface area (Å²) < 4.78 is 7.48. The maximum Gasteiger partial charge on any atom is 0.119 e. The molecule has 0 saturated carbocycles. The van der Waals surface area contributed by atoms with Crippen LogP contribution in [0.25, 0.3) is 0 Å². The molecule has 108 valence electrons. The number of halogens is 1. The van der Waals surface area contributed by atoms with E-state index in [-0.39, 0.29) is 6.04 Å². The summed E-state index contributed by atoms with van der Waals surface area (Å²) in [6, 6.07) is 8.04. The standard InChI is InChI=1S/C15H20ClN3O/c1-4-19-15(13(16)10-18-19)14(17-3)11-7-6-8-12(9-11)20-5-2/h6-10,14,17H,4-5H2,1-3H3. The summed E-state index contributed by atoms with van der Waals surface area (Å²) in [7, 11) is 1.92. The Balaban J connectivity index is 2.41. The molecule has 1 N–H and O–H groups in total. The second-order valence-corrected chi connectivity index (χ2v) is 4.83. The molecule has 0 aliphatic rings.